The average Bonchev–Trinajstić information content (AvgIpc) is 2.51. The molecule has 2 amide bonds. The van der Waals surface area contributed by atoms with Crippen LogP contribution >= 0.6 is 0 Å². The fourth-order valence-electron chi connectivity index (χ4n) is 2.26. The molecular formula is C15H28N2O3. The third kappa shape index (κ3) is 6.78. The minimum Gasteiger partial charge on any atom is -0.444 e. The highest BCUT2D eigenvalue weighted by Gasteiger charge is 2.19. The molecule has 0 aromatic rings. The minimum atomic E-state index is -0.505. The quantitative estimate of drug-likeness (QED) is 0.866. The molecule has 0 spiro atoms. The van der Waals surface area contributed by atoms with Gasteiger partial charge in [-0.2, -0.15) is 0 Å². The summed E-state index contributed by atoms with van der Waals surface area (Å²) in [4.78, 5) is 25.4. The number of likely N-dealkylation sites (tertiary alicyclic amines) is 1. The van der Waals surface area contributed by atoms with E-state index in [2.05, 4.69) is 12.2 Å². The molecule has 0 radical (unpaired) electrons. The fraction of sp³-hybridized carbons (Fsp3) is 0.867. The van der Waals surface area contributed by atoms with Crippen LogP contribution in [0.5, 0.6) is 0 Å². The standard InChI is InChI=1S/C15H28N2O3/c1-12-6-5-10-17(11-8-12)13(18)7-9-16-14(19)20-15(2,3)4/h12H,5-11H2,1-4H3,(H,16,19). The van der Waals surface area contributed by atoms with Crippen LogP contribution < -0.4 is 5.32 Å². The maximum atomic E-state index is 12.1. The summed E-state index contributed by atoms with van der Waals surface area (Å²) in [5, 5.41) is 2.62. The maximum Gasteiger partial charge on any atom is 0.407 e. The van der Waals surface area contributed by atoms with Gasteiger partial charge < -0.3 is 15.0 Å². The molecule has 0 saturated carbocycles. The summed E-state index contributed by atoms with van der Waals surface area (Å²) < 4.78 is 5.12. The van der Waals surface area contributed by atoms with E-state index in [0.717, 1.165) is 25.9 Å². The molecule has 0 bridgehead atoms. The molecule has 20 heavy (non-hydrogen) atoms. The fourth-order valence-corrected chi connectivity index (χ4v) is 2.26. The summed E-state index contributed by atoms with van der Waals surface area (Å²) in [6.45, 7) is 9.70. The van der Waals surface area contributed by atoms with E-state index in [1.807, 2.05) is 25.7 Å². The van der Waals surface area contributed by atoms with Gasteiger partial charge in [-0.05, 0) is 46.0 Å². The Kier molecular flexibility index (Phi) is 6.30. The van der Waals surface area contributed by atoms with Crippen LogP contribution in [0.3, 0.4) is 0 Å². The highest BCUT2D eigenvalue weighted by atomic mass is 16.6. The summed E-state index contributed by atoms with van der Waals surface area (Å²) in [6, 6.07) is 0. The van der Waals surface area contributed by atoms with Crippen molar-refractivity contribution in [3.8, 4) is 0 Å². The zero-order valence-corrected chi connectivity index (χ0v) is 13.2. The molecule has 1 aliphatic heterocycles. The number of carbonyl (C=O) groups excluding carboxylic acids is 2. The van der Waals surface area contributed by atoms with Gasteiger partial charge in [0.1, 0.15) is 5.60 Å². The molecule has 5 nitrogen and oxygen atoms in total. The molecule has 0 aromatic carbocycles. The molecule has 1 saturated heterocycles. The van der Waals surface area contributed by atoms with Crippen molar-refractivity contribution in [1.82, 2.24) is 10.2 Å². The normalized spacial score (nSPS) is 20.2. The highest BCUT2D eigenvalue weighted by Crippen LogP contribution is 2.16. The summed E-state index contributed by atoms with van der Waals surface area (Å²) in [5.74, 6) is 0.822. The first kappa shape index (κ1) is 16.8. The van der Waals surface area contributed by atoms with E-state index < -0.39 is 11.7 Å². The maximum absolute atomic E-state index is 12.1. The molecule has 5 heteroatoms. The number of hydrogen-bond acceptors (Lipinski definition) is 3. The predicted molar refractivity (Wildman–Crippen MR) is 78.4 cm³/mol. The van der Waals surface area contributed by atoms with Crippen molar-refractivity contribution >= 4 is 12.0 Å². The summed E-state index contributed by atoms with van der Waals surface area (Å²) in [7, 11) is 0. The molecular weight excluding hydrogens is 256 g/mol. The average molecular weight is 284 g/mol. The lowest BCUT2D eigenvalue weighted by molar-refractivity contribution is -0.131. The van der Waals surface area contributed by atoms with E-state index >= 15 is 0 Å². The van der Waals surface area contributed by atoms with Gasteiger partial charge in [0.2, 0.25) is 5.91 Å². The Morgan fingerprint density at radius 3 is 2.60 bits per heavy atom. The van der Waals surface area contributed by atoms with Crippen molar-refractivity contribution in [1.29, 1.82) is 0 Å². The Morgan fingerprint density at radius 1 is 1.25 bits per heavy atom. The van der Waals surface area contributed by atoms with E-state index in [1.165, 1.54) is 6.42 Å². The smallest absolute Gasteiger partial charge is 0.407 e. The molecule has 1 fully saturated rings. The molecule has 1 unspecified atom stereocenters. The van der Waals surface area contributed by atoms with E-state index in [4.69, 9.17) is 4.74 Å². The number of carbonyl (C=O) groups is 2. The number of rotatable bonds is 3. The largest absolute Gasteiger partial charge is 0.444 e. The van der Waals surface area contributed by atoms with E-state index in [-0.39, 0.29) is 5.91 Å². The Morgan fingerprint density at radius 2 is 1.95 bits per heavy atom. The van der Waals surface area contributed by atoms with E-state index in [9.17, 15) is 9.59 Å². The molecule has 1 atom stereocenters. The molecule has 1 aliphatic rings. The second-order valence-corrected chi connectivity index (χ2v) is 6.60. The third-order valence-corrected chi connectivity index (χ3v) is 3.38. The lowest BCUT2D eigenvalue weighted by Crippen LogP contribution is -2.37. The minimum absolute atomic E-state index is 0.121. The first-order valence-electron chi connectivity index (χ1n) is 7.52. The summed E-state index contributed by atoms with van der Waals surface area (Å²) >= 11 is 0. The van der Waals surface area contributed by atoms with Gasteiger partial charge in [-0.3, -0.25) is 4.79 Å². The van der Waals surface area contributed by atoms with Crippen LogP contribution in [0.1, 0.15) is 53.4 Å². The molecule has 1 N–H and O–H groups in total. The Hall–Kier alpha value is -1.26. The van der Waals surface area contributed by atoms with Crippen LogP contribution in [0.15, 0.2) is 0 Å². The van der Waals surface area contributed by atoms with Gasteiger partial charge in [0.25, 0.3) is 0 Å². The van der Waals surface area contributed by atoms with Crippen LogP contribution in [-0.2, 0) is 9.53 Å². The topological polar surface area (TPSA) is 58.6 Å². The first-order chi connectivity index (χ1) is 9.28. The monoisotopic (exact) mass is 284 g/mol. The van der Waals surface area contributed by atoms with Crippen molar-refractivity contribution in [2.45, 2.75) is 59.0 Å². The van der Waals surface area contributed by atoms with E-state index in [0.29, 0.717) is 18.9 Å². The zero-order chi connectivity index (χ0) is 15.2. The second kappa shape index (κ2) is 7.50. The predicted octanol–water partition coefficient (Wildman–Crippen LogP) is 2.55. The molecule has 0 aromatic heterocycles. The zero-order valence-electron chi connectivity index (χ0n) is 13.2. The van der Waals surface area contributed by atoms with E-state index in [1.54, 1.807) is 0 Å². The molecule has 1 heterocycles. The van der Waals surface area contributed by atoms with Crippen LogP contribution in [-0.4, -0.2) is 42.1 Å². The number of alkyl carbamates (subject to hydrolysis) is 1. The number of hydrogen-bond donors (Lipinski definition) is 1. The van der Waals surface area contributed by atoms with Crippen molar-refractivity contribution in [3.05, 3.63) is 0 Å². The first-order valence-corrected chi connectivity index (χ1v) is 7.52. The summed E-state index contributed by atoms with van der Waals surface area (Å²) in [5.41, 5.74) is -0.505. The van der Waals surface area contributed by atoms with Crippen LogP contribution in [0, 0.1) is 5.92 Å². The van der Waals surface area contributed by atoms with Crippen molar-refractivity contribution in [2.24, 2.45) is 5.92 Å². The molecule has 0 aliphatic carbocycles. The SMILES string of the molecule is CC1CCCN(C(=O)CCNC(=O)OC(C)(C)C)CC1. The van der Waals surface area contributed by atoms with Crippen molar-refractivity contribution in [2.75, 3.05) is 19.6 Å². The van der Waals surface area contributed by atoms with Gasteiger partial charge in [-0.15, -0.1) is 0 Å². The van der Waals surface area contributed by atoms with Gasteiger partial charge >= 0.3 is 6.09 Å². The number of nitrogens with zero attached hydrogens (tertiary/aromatic N) is 1. The highest BCUT2D eigenvalue weighted by molar-refractivity contribution is 5.77. The second-order valence-electron chi connectivity index (χ2n) is 6.60. The molecule has 116 valence electrons. The Labute approximate surface area is 122 Å². The number of ether oxygens (including phenoxy) is 1. The lowest BCUT2D eigenvalue weighted by Gasteiger charge is -2.22. The van der Waals surface area contributed by atoms with Crippen molar-refractivity contribution in [3.63, 3.8) is 0 Å². The van der Waals surface area contributed by atoms with Crippen molar-refractivity contribution < 1.29 is 14.3 Å². The van der Waals surface area contributed by atoms with Crippen LogP contribution in [0.4, 0.5) is 4.79 Å². The number of nitrogens with one attached hydrogen (secondary N) is 1. The van der Waals surface area contributed by atoms with Gasteiger partial charge in [0, 0.05) is 26.1 Å². The lowest BCUT2D eigenvalue weighted by atomic mass is 10.0. The van der Waals surface area contributed by atoms with Crippen LogP contribution in [0.25, 0.3) is 0 Å². The summed E-state index contributed by atoms with van der Waals surface area (Å²) in [6.07, 6.45) is 3.22. The third-order valence-electron chi connectivity index (χ3n) is 3.38. The van der Waals surface area contributed by atoms with Gasteiger partial charge in [-0.25, -0.2) is 4.79 Å². The number of amides is 2. The van der Waals surface area contributed by atoms with Crippen LogP contribution in [0.2, 0.25) is 0 Å². The Balaban J connectivity index is 2.24. The molecule has 1 rings (SSSR count). The van der Waals surface area contributed by atoms with Gasteiger partial charge in [0.15, 0.2) is 0 Å². The van der Waals surface area contributed by atoms with Gasteiger partial charge in [0.05, 0.1) is 0 Å². The van der Waals surface area contributed by atoms with Gasteiger partial charge in [-0.1, -0.05) is 6.92 Å². The Bertz CT molecular complexity index is 337.